The number of nitrogens with zero attached hydrogens (tertiary/aromatic N) is 3. The molecule has 2 amide bonds. The number of carbonyl (C=O) groups excluding carboxylic acids is 2. The number of aromatic nitrogens is 2. The highest BCUT2D eigenvalue weighted by Crippen LogP contribution is 2.33. The SMILES string of the molecule is O=C1C[C@H](C(=O)NC2CCN(c3cnccn3)CC2)c2cc(F)ccc2N1. The topological polar surface area (TPSA) is 87.2 Å². The fraction of sp³-hybridized carbons (Fsp3) is 0.368. The largest absolute Gasteiger partial charge is 0.355 e. The Bertz CT molecular complexity index is 852. The predicted molar refractivity (Wildman–Crippen MR) is 97.8 cm³/mol. The summed E-state index contributed by atoms with van der Waals surface area (Å²) in [6.45, 7) is 1.53. The van der Waals surface area contributed by atoms with E-state index in [1.165, 1.54) is 18.2 Å². The number of benzene rings is 1. The van der Waals surface area contributed by atoms with Gasteiger partial charge in [-0.2, -0.15) is 0 Å². The smallest absolute Gasteiger partial charge is 0.228 e. The average molecular weight is 369 g/mol. The molecule has 27 heavy (non-hydrogen) atoms. The lowest BCUT2D eigenvalue weighted by Crippen LogP contribution is -2.47. The fourth-order valence-electron chi connectivity index (χ4n) is 3.68. The maximum absolute atomic E-state index is 13.6. The molecule has 7 nitrogen and oxygen atoms in total. The van der Waals surface area contributed by atoms with Gasteiger partial charge in [0.2, 0.25) is 11.8 Å². The van der Waals surface area contributed by atoms with Crippen molar-refractivity contribution in [3.8, 4) is 0 Å². The zero-order valence-electron chi connectivity index (χ0n) is 14.7. The molecule has 0 spiro atoms. The first-order valence-electron chi connectivity index (χ1n) is 9.01. The van der Waals surface area contributed by atoms with E-state index in [1.807, 2.05) is 0 Å². The molecule has 0 saturated carbocycles. The van der Waals surface area contributed by atoms with Crippen LogP contribution in [0.2, 0.25) is 0 Å². The van der Waals surface area contributed by atoms with Gasteiger partial charge in [0.05, 0.1) is 12.1 Å². The molecule has 8 heteroatoms. The van der Waals surface area contributed by atoms with Crippen molar-refractivity contribution in [3.63, 3.8) is 0 Å². The summed E-state index contributed by atoms with van der Waals surface area (Å²) in [5, 5.41) is 5.73. The van der Waals surface area contributed by atoms with Gasteiger partial charge in [-0.15, -0.1) is 0 Å². The molecule has 0 unspecified atom stereocenters. The van der Waals surface area contributed by atoms with Crippen LogP contribution in [0.1, 0.15) is 30.7 Å². The Morgan fingerprint density at radius 2 is 2.07 bits per heavy atom. The van der Waals surface area contributed by atoms with Crippen LogP contribution in [-0.2, 0) is 9.59 Å². The van der Waals surface area contributed by atoms with Crippen LogP contribution in [0.25, 0.3) is 0 Å². The first kappa shape index (κ1) is 17.4. The van der Waals surface area contributed by atoms with E-state index in [0.717, 1.165) is 31.7 Å². The Morgan fingerprint density at radius 1 is 1.26 bits per heavy atom. The number of rotatable bonds is 3. The third-order valence-corrected chi connectivity index (χ3v) is 5.08. The maximum atomic E-state index is 13.6. The van der Waals surface area contributed by atoms with Crippen LogP contribution in [0.5, 0.6) is 0 Å². The molecule has 1 atom stereocenters. The van der Waals surface area contributed by atoms with Crippen molar-refractivity contribution >= 4 is 23.3 Å². The highest BCUT2D eigenvalue weighted by molar-refractivity contribution is 6.01. The third kappa shape index (κ3) is 3.74. The Balaban J connectivity index is 1.40. The molecule has 1 aromatic heterocycles. The van der Waals surface area contributed by atoms with Gasteiger partial charge in [0, 0.05) is 43.6 Å². The molecule has 2 N–H and O–H groups in total. The number of amides is 2. The van der Waals surface area contributed by atoms with Crippen LogP contribution in [0.4, 0.5) is 15.9 Å². The van der Waals surface area contributed by atoms with Gasteiger partial charge in [0.15, 0.2) is 0 Å². The summed E-state index contributed by atoms with van der Waals surface area (Å²) in [6, 6.07) is 4.13. The van der Waals surface area contributed by atoms with Gasteiger partial charge in [-0.1, -0.05) is 0 Å². The number of hydrogen-bond donors (Lipinski definition) is 2. The van der Waals surface area contributed by atoms with Crippen molar-refractivity contribution in [2.24, 2.45) is 0 Å². The van der Waals surface area contributed by atoms with E-state index in [-0.39, 0.29) is 24.3 Å². The molecule has 0 radical (unpaired) electrons. The van der Waals surface area contributed by atoms with Gasteiger partial charge in [-0.05, 0) is 36.6 Å². The van der Waals surface area contributed by atoms with E-state index in [9.17, 15) is 14.0 Å². The molecule has 1 fully saturated rings. The number of carbonyl (C=O) groups is 2. The van der Waals surface area contributed by atoms with Crippen LogP contribution < -0.4 is 15.5 Å². The Labute approximate surface area is 156 Å². The highest BCUT2D eigenvalue weighted by atomic mass is 19.1. The maximum Gasteiger partial charge on any atom is 0.228 e. The lowest BCUT2D eigenvalue weighted by molar-refractivity contribution is -0.127. The molecule has 4 rings (SSSR count). The Hall–Kier alpha value is -3.03. The van der Waals surface area contributed by atoms with Gasteiger partial charge < -0.3 is 15.5 Å². The predicted octanol–water partition coefficient (Wildman–Crippen LogP) is 1.83. The summed E-state index contributed by atoms with van der Waals surface area (Å²) in [6.07, 6.45) is 6.60. The van der Waals surface area contributed by atoms with Gasteiger partial charge in [0.25, 0.3) is 0 Å². The number of hydrogen-bond acceptors (Lipinski definition) is 5. The second-order valence-electron chi connectivity index (χ2n) is 6.87. The molecule has 1 saturated heterocycles. The second-order valence-corrected chi connectivity index (χ2v) is 6.87. The molecular formula is C19H20FN5O2. The number of fused-ring (bicyclic) bond motifs is 1. The lowest BCUT2D eigenvalue weighted by atomic mass is 9.89. The van der Waals surface area contributed by atoms with Crippen molar-refractivity contribution in [1.82, 2.24) is 15.3 Å². The summed E-state index contributed by atoms with van der Waals surface area (Å²) >= 11 is 0. The van der Waals surface area contributed by atoms with Crippen molar-refractivity contribution < 1.29 is 14.0 Å². The van der Waals surface area contributed by atoms with Crippen molar-refractivity contribution in [3.05, 3.63) is 48.2 Å². The summed E-state index contributed by atoms with van der Waals surface area (Å²) < 4.78 is 13.6. The zero-order valence-corrected chi connectivity index (χ0v) is 14.7. The summed E-state index contributed by atoms with van der Waals surface area (Å²) in [5.41, 5.74) is 1.04. The van der Waals surface area contributed by atoms with Crippen LogP contribution in [0.3, 0.4) is 0 Å². The molecule has 3 heterocycles. The van der Waals surface area contributed by atoms with E-state index in [1.54, 1.807) is 18.6 Å². The van der Waals surface area contributed by atoms with E-state index in [4.69, 9.17) is 0 Å². The summed E-state index contributed by atoms with van der Waals surface area (Å²) in [4.78, 5) is 35.2. The van der Waals surface area contributed by atoms with E-state index in [0.29, 0.717) is 11.3 Å². The molecule has 0 aliphatic carbocycles. The molecule has 2 aliphatic rings. The first-order valence-corrected chi connectivity index (χ1v) is 9.01. The molecule has 1 aromatic carbocycles. The minimum Gasteiger partial charge on any atom is -0.355 e. The Kier molecular flexibility index (Phi) is 4.70. The minimum absolute atomic E-state index is 0.0208. The van der Waals surface area contributed by atoms with Gasteiger partial charge in [0.1, 0.15) is 11.6 Å². The summed E-state index contributed by atoms with van der Waals surface area (Å²) in [5.74, 6) is -0.709. The third-order valence-electron chi connectivity index (χ3n) is 5.08. The van der Waals surface area contributed by atoms with Crippen molar-refractivity contribution in [1.29, 1.82) is 0 Å². The lowest BCUT2D eigenvalue weighted by Gasteiger charge is -2.34. The molecular weight excluding hydrogens is 349 g/mol. The van der Waals surface area contributed by atoms with Crippen LogP contribution in [0, 0.1) is 5.82 Å². The van der Waals surface area contributed by atoms with Crippen molar-refractivity contribution in [2.75, 3.05) is 23.3 Å². The molecule has 0 bridgehead atoms. The zero-order chi connectivity index (χ0) is 18.8. The first-order chi connectivity index (χ1) is 13.1. The van der Waals surface area contributed by atoms with E-state index < -0.39 is 11.7 Å². The number of piperidine rings is 1. The van der Waals surface area contributed by atoms with E-state index in [2.05, 4.69) is 25.5 Å². The van der Waals surface area contributed by atoms with E-state index >= 15 is 0 Å². The van der Waals surface area contributed by atoms with Gasteiger partial charge in [-0.25, -0.2) is 9.37 Å². The van der Waals surface area contributed by atoms with Crippen LogP contribution >= 0.6 is 0 Å². The highest BCUT2D eigenvalue weighted by Gasteiger charge is 2.32. The minimum atomic E-state index is -0.664. The number of anilines is 2. The van der Waals surface area contributed by atoms with Gasteiger partial charge >= 0.3 is 0 Å². The normalized spacial score (nSPS) is 20.0. The Morgan fingerprint density at radius 3 is 2.81 bits per heavy atom. The summed E-state index contributed by atoms with van der Waals surface area (Å²) in [7, 11) is 0. The molecule has 140 valence electrons. The number of halogens is 1. The monoisotopic (exact) mass is 369 g/mol. The standard InChI is InChI=1S/C19H20FN5O2/c20-12-1-2-16-14(9-12)15(10-18(26)24-16)19(27)23-13-3-7-25(8-4-13)17-11-21-5-6-22-17/h1-2,5-6,9,11,13,15H,3-4,7-8,10H2,(H,23,27)(H,24,26)/t15-/m0/s1. The van der Waals surface area contributed by atoms with Crippen LogP contribution in [-0.4, -0.2) is 40.9 Å². The quantitative estimate of drug-likeness (QED) is 0.862. The number of nitrogens with one attached hydrogen (secondary N) is 2. The fourth-order valence-corrected chi connectivity index (χ4v) is 3.68. The van der Waals surface area contributed by atoms with Crippen LogP contribution in [0.15, 0.2) is 36.8 Å². The second kappa shape index (κ2) is 7.30. The molecule has 2 aromatic rings. The average Bonchev–Trinajstić information content (AvgIpc) is 2.69. The van der Waals surface area contributed by atoms with Gasteiger partial charge in [-0.3, -0.25) is 14.6 Å². The molecule has 2 aliphatic heterocycles. The van der Waals surface area contributed by atoms with Crippen molar-refractivity contribution in [2.45, 2.75) is 31.2 Å².